The lowest BCUT2D eigenvalue weighted by atomic mass is 9.58. The second kappa shape index (κ2) is 9.67. The van der Waals surface area contributed by atoms with Crippen molar-refractivity contribution in [2.45, 2.75) is 53.1 Å². The van der Waals surface area contributed by atoms with E-state index in [2.05, 4.69) is 30.0 Å². The summed E-state index contributed by atoms with van der Waals surface area (Å²) in [5.74, 6) is 0.875. The van der Waals surface area contributed by atoms with E-state index >= 15 is 0 Å². The molecule has 2 aliphatic rings. The van der Waals surface area contributed by atoms with Crippen LogP contribution in [0.4, 0.5) is 0 Å². The summed E-state index contributed by atoms with van der Waals surface area (Å²) < 4.78 is 11.8. The first-order valence-corrected chi connectivity index (χ1v) is 11.5. The Hall–Kier alpha value is -2.96. The number of nitrogens with zero attached hydrogens (tertiary/aromatic N) is 3. The highest BCUT2D eigenvalue weighted by Crippen LogP contribution is 2.54. The highest BCUT2D eigenvalue weighted by Gasteiger charge is 2.53. The Labute approximate surface area is 191 Å². The van der Waals surface area contributed by atoms with Gasteiger partial charge in [-0.25, -0.2) is 0 Å². The zero-order valence-electron chi connectivity index (χ0n) is 19.8. The van der Waals surface area contributed by atoms with Crippen molar-refractivity contribution >= 4 is 0 Å². The number of nitriles is 2. The van der Waals surface area contributed by atoms with Crippen molar-refractivity contribution in [3.63, 3.8) is 0 Å². The number of benzene rings is 1. The highest BCUT2D eigenvalue weighted by molar-refractivity contribution is 5.56. The summed E-state index contributed by atoms with van der Waals surface area (Å²) in [6.07, 6.45) is 3.27. The maximum absolute atomic E-state index is 10.3. The second-order valence-corrected chi connectivity index (χ2v) is 8.88. The Kier molecular flexibility index (Phi) is 7.16. The number of fused-ring (bicyclic) bond motifs is 1. The van der Waals surface area contributed by atoms with Gasteiger partial charge in [-0.2, -0.15) is 10.5 Å². The normalized spacial score (nSPS) is 22.6. The zero-order valence-corrected chi connectivity index (χ0v) is 19.8. The lowest BCUT2D eigenvalue weighted by Crippen LogP contribution is -2.48. The monoisotopic (exact) mass is 434 g/mol. The van der Waals surface area contributed by atoms with E-state index in [-0.39, 0.29) is 12.0 Å². The summed E-state index contributed by atoms with van der Waals surface area (Å²) in [4.78, 5) is 2.38. The molecule has 1 aliphatic carbocycles. The Morgan fingerprint density at radius 2 is 1.94 bits per heavy atom. The number of allylic oxidation sites excluding steroid dienone is 2. The first-order valence-electron chi connectivity index (χ1n) is 11.5. The van der Waals surface area contributed by atoms with E-state index in [9.17, 15) is 10.5 Å². The smallest absolute Gasteiger partial charge is 0.190 e. The minimum atomic E-state index is -1.44. The van der Waals surface area contributed by atoms with Crippen molar-refractivity contribution in [1.29, 1.82) is 10.5 Å². The number of nitrogens with two attached hydrogens (primary N) is 1. The molecule has 170 valence electrons. The zero-order chi connectivity index (χ0) is 23.5. The maximum Gasteiger partial charge on any atom is 0.190 e. The fraction of sp³-hybridized carbons (Fsp3) is 0.538. The van der Waals surface area contributed by atoms with E-state index in [1.54, 1.807) is 0 Å². The van der Waals surface area contributed by atoms with Crippen molar-refractivity contribution in [3.8, 4) is 23.6 Å². The minimum absolute atomic E-state index is 0.00348. The van der Waals surface area contributed by atoms with Gasteiger partial charge in [0.25, 0.3) is 0 Å². The van der Waals surface area contributed by atoms with Gasteiger partial charge in [-0.1, -0.05) is 19.1 Å². The van der Waals surface area contributed by atoms with Crippen molar-refractivity contribution in [1.82, 2.24) is 4.90 Å². The van der Waals surface area contributed by atoms with E-state index in [0.717, 1.165) is 42.8 Å². The lowest BCUT2D eigenvalue weighted by molar-refractivity contribution is 0.205. The predicted molar refractivity (Wildman–Crippen MR) is 125 cm³/mol. The van der Waals surface area contributed by atoms with E-state index in [0.29, 0.717) is 23.8 Å². The van der Waals surface area contributed by atoms with E-state index in [4.69, 9.17) is 15.2 Å². The van der Waals surface area contributed by atoms with Gasteiger partial charge in [0.1, 0.15) is 0 Å². The minimum Gasteiger partial charge on any atom is -0.490 e. The van der Waals surface area contributed by atoms with Gasteiger partial charge in [0, 0.05) is 30.6 Å². The molecular formula is C26H34N4O2. The van der Waals surface area contributed by atoms with Crippen LogP contribution < -0.4 is 15.2 Å². The van der Waals surface area contributed by atoms with Crippen LogP contribution in [0.15, 0.2) is 41.1 Å². The summed E-state index contributed by atoms with van der Waals surface area (Å²) in [6, 6.07) is 10.4. The number of rotatable bonds is 7. The summed E-state index contributed by atoms with van der Waals surface area (Å²) in [5, 5.41) is 20.6. The summed E-state index contributed by atoms with van der Waals surface area (Å²) in [6.45, 7) is 13.1. The molecule has 2 N–H and O–H groups in total. The van der Waals surface area contributed by atoms with Crippen LogP contribution in [0.3, 0.4) is 0 Å². The Morgan fingerprint density at radius 3 is 2.53 bits per heavy atom. The Balaban J connectivity index is 2.20. The van der Waals surface area contributed by atoms with Gasteiger partial charge in [0.15, 0.2) is 16.9 Å². The maximum atomic E-state index is 10.3. The van der Waals surface area contributed by atoms with Crippen molar-refractivity contribution in [2.24, 2.45) is 17.1 Å². The summed E-state index contributed by atoms with van der Waals surface area (Å²) in [7, 11) is 0. The van der Waals surface area contributed by atoms with Gasteiger partial charge >= 0.3 is 0 Å². The van der Waals surface area contributed by atoms with Crippen LogP contribution in [0.25, 0.3) is 0 Å². The molecule has 1 aliphatic heterocycles. The molecule has 32 heavy (non-hydrogen) atoms. The lowest BCUT2D eigenvalue weighted by Gasteiger charge is -2.46. The number of hydrogen-bond donors (Lipinski definition) is 1. The number of hydrogen-bond acceptors (Lipinski definition) is 6. The third kappa shape index (κ3) is 4.08. The van der Waals surface area contributed by atoms with Gasteiger partial charge in [-0.15, -0.1) is 0 Å². The van der Waals surface area contributed by atoms with Gasteiger partial charge in [-0.05, 0) is 69.5 Å². The molecule has 0 saturated heterocycles. The quantitative estimate of drug-likeness (QED) is 0.679. The van der Waals surface area contributed by atoms with Gasteiger partial charge in [0.05, 0.1) is 24.8 Å². The largest absolute Gasteiger partial charge is 0.490 e. The van der Waals surface area contributed by atoms with Crippen molar-refractivity contribution < 1.29 is 9.47 Å². The molecule has 0 amide bonds. The molecule has 1 aromatic carbocycles. The van der Waals surface area contributed by atoms with Crippen LogP contribution in [0.1, 0.15) is 52.5 Å². The van der Waals surface area contributed by atoms with Crippen LogP contribution in [0.2, 0.25) is 0 Å². The molecule has 0 saturated carbocycles. The molecular weight excluding hydrogens is 400 g/mol. The molecule has 0 spiro atoms. The Bertz CT molecular complexity index is 982. The third-order valence-corrected chi connectivity index (χ3v) is 6.44. The molecule has 0 aromatic heterocycles. The molecule has 6 heteroatoms. The van der Waals surface area contributed by atoms with Crippen LogP contribution in [-0.2, 0) is 0 Å². The highest BCUT2D eigenvalue weighted by atomic mass is 16.5. The average molecular weight is 435 g/mol. The van der Waals surface area contributed by atoms with Crippen LogP contribution in [0.5, 0.6) is 11.5 Å². The summed E-state index contributed by atoms with van der Waals surface area (Å²) >= 11 is 0. The topological polar surface area (TPSA) is 95.3 Å². The van der Waals surface area contributed by atoms with Crippen LogP contribution in [-0.4, -0.2) is 37.2 Å². The van der Waals surface area contributed by atoms with E-state index in [1.165, 1.54) is 0 Å². The van der Waals surface area contributed by atoms with Gasteiger partial charge in [-0.3, -0.25) is 4.90 Å². The van der Waals surface area contributed by atoms with E-state index in [1.807, 2.05) is 45.9 Å². The molecule has 0 unspecified atom stereocenters. The standard InChI is InChI=1S/C26H34N4O2/c1-6-11-30-12-10-20-18(5)25(29)26(15-27,16-28)24(21(20)14-30)19-8-9-22(32-17(3)4)23(13-19)31-7-2/h8-10,13,17,21,24H,6-7,11-12,14,29H2,1-5H3/t21-,24-/m1/s1. The SMILES string of the molecule is CCCN1CC=C2C(C)=C(N)C(C#N)(C#N)[C@H](c3ccc(OC(C)C)c(OCC)c3)[C@@H]2C1. The molecule has 0 bridgehead atoms. The third-order valence-electron chi connectivity index (χ3n) is 6.44. The molecule has 0 radical (unpaired) electrons. The van der Waals surface area contributed by atoms with Gasteiger partial charge < -0.3 is 15.2 Å². The van der Waals surface area contributed by atoms with Crippen molar-refractivity contribution in [3.05, 3.63) is 46.7 Å². The summed E-state index contributed by atoms with van der Waals surface area (Å²) in [5.41, 5.74) is 8.34. The average Bonchev–Trinajstić information content (AvgIpc) is 2.77. The molecule has 3 rings (SSSR count). The van der Waals surface area contributed by atoms with Crippen LogP contribution >= 0.6 is 0 Å². The fourth-order valence-corrected chi connectivity index (χ4v) is 5.07. The fourth-order valence-electron chi connectivity index (χ4n) is 5.07. The molecule has 6 nitrogen and oxygen atoms in total. The molecule has 1 aromatic rings. The van der Waals surface area contributed by atoms with Crippen LogP contribution in [0, 0.1) is 34.0 Å². The molecule has 0 fully saturated rings. The number of ether oxygens (including phenoxy) is 2. The molecule has 1 heterocycles. The second-order valence-electron chi connectivity index (χ2n) is 8.88. The predicted octanol–water partition coefficient (Wildman–Crippen LogP) is 4.50. The first kappa shape index (κ1) is 23.7. The van der Waals surface area contributed by atoms with E-state index < -0.39 is 11.3 Å². The Morgan fingerprint density at radius 1 is 1.22 bits per heavy atom. The van der Waals surface area contributed by atoms with Crippen molar-refractivity contribution in [2.75, 3.05) is 26.2 Å². The molecule has 2 atom stereocenters. The van der Waals surface area contributed by atoms with Gasteiger partial charge in [0.2, 0.25) is 0 Å². The first-order chi connectivity index (χ1) is 15.3.